The zero-order chi connectivity index (χ0) is 15.0. The Bertz CT molecular complexity index is 283. The third-order valence-electron chi connectivity index (χ3n) is 3.50. The maximum atomic E-state index is 11.7. The first-order chi connectivity index (χ1) is 9.60. The zero-order valence-electron chi connectivity index (χ0n) is 12.0. The zero-order valence-corrected chi connectivity index (χ0v) is 12.0. The lowest BCUT2D eigenvalue weighted by Crippen LogP contribution is -2.43. The minimum Gasteiger partial charge on any atom is -0.457 e. The van der Waals surface area contributed by atoms with Gasteiger partial charge in [-0.05, 0) is 6.42 Å². The molecule has 0 aliphatic carbocycles. The summed E-state index contributed by atoms with van der Waals surface area (Å²) in [7, 11) is 0. The van der Waals surface area contributed by atoms with Crippen molar-refractivity contribution in [3.05, 3.63) is 0 Å². The van der Waals surface area contributed by atoms with Crippen LogP contribution in [0, 0.1) is 0 Å². The largest absolute Gasteiger partial charge is 0.457 e. The molecule has 0 amide bonds. The fraction of sp³-hybridized carbons (Fsp3) is 0.929. The third kappa shape index (κ3) is 5.36. The van der Waals surface area contributed by atoms with Crippen LogP contribution in [-0.4, -0.2) is 58.9 Å². The van der Waals surface area contributed by atoms with E-state index in [4.69, 9.17) is 9.47 Å². The van der Waals surface area contributed by atoms with Gasteiger partial charge < -0.3 is 24.8 Å². The van der Waals surface area contributed by atoms with Gasteiger partial charge in [0, 0.05) is 6.42 Å². The van der Waals surface area contributed by atoms with Gasteiger partial charge in [0.2, 0.25) is 0 Å². The molecule has 0 spiro atoms. The number of hydrogen-bond donors (Lipinski definition) is 3. The second-order valence-electron chi connectivity index (χ2n) is 5.23. The lowest BCUT2D eigenvalue weighted by atomic mass is 10.1. The summed E-state index contributed by atoms with van der Waals surface area (Å²) in [5, 5.41) is 28.3. The summed E-state index contributed by atoms with van der Waals surface area (Å²) in [5.41, 5.74) is 0. The number of carbonyl (C=O) groups is 1. The Hall–Kier alpha value is -0.690. The SMILES string of the molecule is CCCCCCCC(=O)O[C@H](CO)C1OC[C@H](O)[C@H]1O. The van der Waals surface area contributed by atoms with E-state index in [1.807, 2.05) is 0 Å². The van der Waals surface area contributed by atoms with Crippen LogP contribution >= 0.6 is 0 Å². The molecule has 0 aromatic rings. The molecule has 3 N–H and O–H groups in total. The fourth-order valence-electron chi connectivity index (χ4n) is 2.26. The van der Waals surface area contributed by atoms with Crippen molar-refractivity contribution in [3.63, 3.8) is 0 Å². The van der Waals surface area contributed by atoms with Gasteiger partial charge in [-0.2, -0.15) is 0 Å². The molecule has 0 bridgehead atoms. The highest BCUT2D eigenvalue weighted by Crippen LogP contribution is 2.20. The molecule has 1 saturated heterocycles. The van der Waals surface area contributed by atoms with Crippen LogP contribution in [0.2, 0.25) is 0 Å². The molecule has 0 saturated carbocycles. The lowest BCUT2D eigenvalue weighted by Gasteiger charge is -2.23. The first-order valence-corrected chi connectivity index (χ1v) is 7.38. The van der Waals surface area contributed by atoms with E-state index in [0.29, 0.717) is 6.42 Å². The average Bonchev–Trinajstić information content (AvgIpc) is 2.76. The number of ether oxygens (including phenoxy) is 2. The van der Waals surface area contributed by atoms with E-state index in [1.54, 1.807) is 0 Å². The number of hydrogen-bond acceptors (Lipinski definition) is 6. The van der Waals surface area contributed by atoms with Crippen LogP contribution in [0.15, 0.2) is 0 Å². The number of aliphatic hydroxyl groups excluding tert-OH is 3. The van der Waals surface area contributed by atoms with Crippen molar-refractivity contribution in [2.45, 2.75) is 69.9 Å². The highest BCUT2D eigenvalue weighted by Gasteiger charge is 2.41. The van der Waals surface area contributed by atoms with Gasteiger partial charge in [-0.25, -0.2) is 0 Å². The topological polar surface area (TPSA) is 96.2 Å². The smallest absolute Gasteiger partial charge is 0.306 e. The minimum atomic E-state index is -1.13. The molecule has 6 nitrogen and oxygen atoms in total. The van der Waals surface area contributed by atoms with Crippen molar-refractivity contribution in [1.29, 1.82) is 0 Å². The number of aliphatic hydroxyl groups is 3. The van der Waals surface area contributed by atoms with E-state index < -0.39 is 37.0 Å². The molecular weight excluding hydrogens is 264 g/mol. The minimum absolute atomic E-state index is 0.0170. The quantitative estimate of drug-likeness (QED) is 0.419. The van der Waals surface area contributed by atoms with E-state index >= 15 is 0 Å². The first kappa shape index (κ1) is 17.4. The molecule has 6 heteroatoms. The second-order valence-corrected chi connectivity index (χ2v) is 5.23. The average molecular weight is 290 g/mol. The number of carbonyl (C=O) groups excluding carboxylic acids is 1. The molecule has 20 heavy (non-hydrogen) atoms. The molecule has 0 aromatic carbocycles. The van der Waals surface area contributed by atoms with Crippen LogP contribution in [0.1, 0.15) is 45.4 Å². The van der Waals surface area contributed by atoms with Gasteiger partial charge >= 0.3 is 5.97 Å². The van der Waals surface area contributed by atoms with E-state index in [9.17, 15) is 20.1 Å². The highest BCUT2D eigenvalue weighted by molar-refractivity contribution is 5.69. The maximum Gasteiger partial charge on any atom is 0.306 e. The molecule has 1 rings (SSSR count). The summed E-state index contributed by atoms with van der Waals surface area (Å²) in [4.78, 5) is 11.7. The molecule has 0 aromatic heterocycles. The molecule has 118 valence electrons. The van der Waals surface area contributed by atoms with E-state index in [1.165, 1.54) is 0 Å². The molecule has 1 aliphatic rings. The van der Waals surface area contributed by atoms with Gasteiger partial charge in [-0.1, -0.05) is 32.6 Å². The summed E-state index contributed by atoms with van der Waals surface area (Å²) in [6.07, 6.45) is 1.53. The number of esters is 1. The van der Waals surface area contributed by atoms with Crippen molar-refractivity contribution < 1.29 is 29.6 Å². The van der Waals surface area contributed by atoms with Gasteiger partial charge in [0.25, 0.3) is 0 Å². The van der Waals surface area contributed by atoms with Crippen LogP contribution in [-0.2, 0) is 14.3 Å². The molecule has 1 heterocycles. The Morgan fingerprint density at radius 1 is 1.30 bits per heavy atom. The van der Waals surface area contributed by atoms with Crippen molar-refractivity contribution >= 4 is 5.97 Å². The van der Waals surface area contributed by atoms with Crippen molar-refractivity contribution in [2.75, 3.05) is 13.2 Å². The third-order valence-corrected chi connectivity index (χ3v) is 3.50. The van der Waals surface area contributed by atoms with Gasteiger partial charge in [-0.15, -0.1) is 0 Å². The van der Waals surface area contributed by atoms with E-state index in [2.05, 4.69) is 6.92 Å². The Morgan fingerprint density at radius 3 is 2.55 bits per heavy atom. The summed E-state index contributed by atoms with van der Waals surface area (Å²) in [6, 6.07) is 0. The van der Waals surface area contributed by atoms with E-state index in [-0.39, 0.29) is 6.61 Å². The normalized spacial score (nSPS) is 27.5. The van der Waals surface area contributed by atoms with Crippen LogP contribution < -0.4 is 0 Å². The predicted octanol–water partition coefficient (Wildman–Crippen LogP) is 0.372. The van der Waals surface area contributed by atoms with Gasteiger partial charge in [0.15, 0.2) is 6.10 Å². The van der Waals surface area contributed by atoms with Gasteiger partial charge in [0.05, 0.1) is 13.2 Å². The monoisotopic (exact) mass is 290 g/mol. The summed E-state index contributed by atoms with van der Waals surface area (Å²) >= 11 is 0. The summed E-state index contributed by atoms with van der Waals surface area (Å²) < 4.78 is 10.3. The fourth-order valence-corrected chi connectivity index (χ4v) is 2.26. The van der Waals surface area contributed by atoms with Crippen molar-refractivity contribution in [1.82, 2.24) is 0 Å². The Kier molecular flexibility index (Phi) is 8.06. The molecule has 0 radical (unpaired) electrons. The van der Waals surface area contributed by atoms with Crippen LogP contribution in [0.4, 0.5) is 0 Å². The van der Waals surface area contributed by atoms with Crippen LogP contribution in [0.5, 0.6) is 0 Å². The predicted molar refractivity (Wildman–Crippen MR) is 72.1 cm³/mol. The van der Waals surface area contributed by atoms with Crippen LogP contribution in [0.25, 0.3) is 0 Å². The van der Waals surface area contributed by atoms with Crippen molar-refractivity contribution in [2.24, 2.45) is 0 Å². The first-order valence-electron chi connectivity index (χ1n) is 7.38. The molecular formula is C14H26O6. The summed E-state index contributed by atoms with van der Waals surface area (Å²) in [6.45, 7) is 1.67. The Labute approximate surface area is 119 Å². The second kappa shape index (κ2) is 9.28. The molecule has 4 atom stereocenters. The van der Waals surface area contributed by atoms with Crippen LogP contribution in [0.3, 0.4) is 0 Å². The highest BCUT2D eigenvalue weighted by atomic mass is 16.6. The standard InChI is InChI=1S/C14H26O6/c1-2-3-4-5-6-7-12(17)20-11(8-15)14-13(18)10(16)9-19-14/h10-11,13-16,18H,2-9H2,1H3/t10-,11+,13+,14?/m0/s1. The Morgan fingerprint density at radius 2 is 2.00 bits per heavy atom. The van der Waals surface area contributed by atoms with E-state index in [0.717, 1.165) is 32.1 Å². The molecule has 1 fully saturated rings. The molecule has 1 unspecified atom stereocenters. The van der Waals surface area contributed by atoms with Gasteiger partial charge in [0.1, 0.15) is 18.3 Å². The number of unbranched alkanes of at least 4 members (excludes halogenated alkanes) is 4. The summed E-state index contributed by atoms with van der Waals surface area (Å²) in [5.74, 6) is -0.405. The maximum absolute atomic E-state index is 11.7. The number of rotatable bonds is 9. The molecule has 1 aliphatic heterocycles. The Balaban J connectivity index is 2.27. The van der Waals surface area contributed by atoms with Crippen molar-refractivity contribution in [3.8, 4) is 0 Å². The van der Waals surface area contributed by atoms with Gasteiger partial charge in [-0.3, -0.25) is 4.79 Å². The lowest BCUT2D eigenvalue weighted by molar-refractivity contribution is -0.162.